The molecule has 0 aliphatic carbocycles. The van der Waals surface area contributed by atoms with E-state index in [0.29, 0.717) is 6.07 Å². The minimum absolute atomic E-state index is 0.00102. The maximum atomic E-state index is 13.0. The highest BCUT2D eigenvalue weighted by atomic mass is 35.5. The van der Waals surface area contributed by atoms with Crippen LogP contribution in [0.5, 0.6) is 0 Å². The van der Waals surface area contributed by atoms with Crippen molar-refractivity contribution in [1.29, 1.82) is 0 Å². The van der Waals surface area contributed by atoms with Gasteiger partial charge in [-0.2, -0.15) is 0 Å². The molecular weight excluding hydrogens is 200 g/mol. The molecule has 0 heterocycles. The molecule has 0 spiro atoms. The number of hydrogen-bond donors (Lipinski definition) is 1. The standard InChI is InChI=1S/C8H6ClF2NO/c9-4-8(12-13)6-2-1-5(10)3-7(6)11/h1-3,13H,4H2/b12-8-. The number of hydrogen-bond acceptors (Lipinski definition) is 2. The third-order valence-electron chi connectivity index (χ3n) is 1.49. The van der Waals surface area contributed by atoms with Crippen molar-refractivity contribution >= 4 is 17.3 Å². The van der Waals surface area contributed by atoms with Crippen LogP contribution >= 0.6 is 11.6 Å². The molecule has 0 unspecified atom stereocenters. The van der Waals surface area contributed by atoms with E-state index in [-0.39, 0.29) is 17.2 Å². The summed E-state index contributed by atoms with van der Waals surface area (Å²) in [7, 11) is 0. The maximum absolute atomic E-state index is 13.0. The first-order valence-electron chi connectivity index (χ1n) is 3.41. The zero-order valence-electron chi connectivity index (χ0n) is 6.47. The highest BCUT2D eigenvalue weighted by Gasteiger charge is 2.09. The van der Waals surface area contributed by atoms with Gasteiger partial charge in [-0.15, -0.1) is 11.6 Å². The Morgan fingerprint density at radius 3 is 2.62 bits per heavy atom. The highest BCUT2D eigenvalue weighted by Crippen LogP contribution is 2.11. The molecule has 1 aromatic carbocycles. The van der Waals surface area contributed by atoms with Crippen molar-refractivity contribution < 1.29 is 14.0 Å². The summed E-state index contributed by atoms with van der Waals surface area (Å²) in [6.45, 7) is 0. The second-order valence-electron chi connectivity index (χ2n) is 2.30. The van der Waals surface area contributed by atoms with Crippen LogP contribution < -0.4 is 0 Å². The molecular formula is C8H6ClF2NO. The number of oxime groups is 1. The van der Waals surface area contributed by atoms with Gasteiger partial charge in [0.25, 0.3) is 0 Å². The summed E-state index contributed by atoms with van der Waals surface area (Å²) >= 11 is 5.36. The first-order chi connectivity index (χ1) is 6.19. The summed E-state index contributed by atoms with van der Waals surface area (Å²) < 4.78 is 25.4. The van der Waals surface area contributed by atoms with Crippen molar-refractivity contribution in [2.24, 2.45) is 5.16 Å². The first kappa shape index (κ1) is 9.92. The molecule has 0 aliphatic rings. The second-order valence-corrected chi connectivity index (χ2v) is 2.57. The third-order valence-corrected chi connectivity index (χ3v) is 1.74. The third kappa shape index (κ3) is 2.15. The molecule has 1 rings (SSSR count). The minimum Gasteiger partial charge on any atom is -0.411 e. The van der Waals surface area contributed by atoms with E-state index < -0.39 is 11.6 Å². The van der Waals surface area contributed by atoms with E-state index in [2.05, 4.69) is 5.16 Å². The summed E-state index contributed by atoms with van der Waals surface area (Å²) in [5.41, 5.74) is -0.0296. The van der Waals surface area contributed by atoms with Crippen molar-refractivity contribution in [2.45, 2.75) is 0 Å². The van der Waals surface area contributed by atoms with Crippen molar-refractivity contribution in [3.8, 4) is 0 Å². The van der Waals surface area contributed by atoms with E-state index in [1.165, 1.54) is 6.07 Å². The average molecular weight is 206 g/mol. The lowest BCUT2D eigenvalue weighted by Gasteiger charge is -2.01. The Kier molecular flexibility index (Phi) is 3.19. The molecule has 2 nitrogen and oxygen atoms in total. The van der Waals surface area contributed by atoms with E-state index in [4.69, 9.17) is 16.8 Å². The Balaban J connectivity index is 3.15. The van der Waals surface area contributed by atoms with E-state index in [0.717, 1.165) is 6.07 Å². The minimum atomic E-state index is -0.798. The molecule has 0 aromatic heterocycles. The molecule has 0 radical (unpaired) electrons. The summed E-state index contributed by atoms with van der Waals surface area (Å²) in [6.07, 6.45) is 0. The van der Waals surface area contributed by atoms with E-state index in [1.54, 1.807) is 0 Å². The summed E-state index contributed by atoms with van der Waals surface area (Å²) in [4.78, 5) is 0. The van der Waals surface area contributed by atoms with Gasteiger partial charge in [0.1, 0.15) is 17.3 Å². The fourth-order valence-corrected chi connectivity index (χ4v) is 1.07. The van der Waals surface area contributed by atoms with Gasteiger partial charge >= 0.3 is 0 Å². The predicted molar refractivity (Wildman–Crippen MR) is 45.4 cm³/mol. The monoisotopic (exact) mass is 205 g/mol. The van der Waals surface area contributed by atoms with Crippen LogP contribution in [0.2, 0.25) is 0 Å². The van der Waals surface area contributed by atoms with E-state index in [1.807, 2.05) is 0 Å². The molecule has 0 bridgehead atoms. The summed E-state index contributed by atoms with van der Waals surface area (Å²) in [5, 5.41) is 11.2. The Morgan fingerprint density at radius 1 is 1.46 bits per heavy atom. The highest BCUT2D eigenvalue weighted by molar-refractivity contribution is 6.31. The number of benzene rings is 1. The Morgan fingerprint density at radius 2 is 2.15 bits per heavy atom. The van der Waals surface area contributed by atoms with Crippen LogP contribution in [0.1, 0.15) is 5.56 Å². The van der Waals surface area contributed by atoms with Gasteiger partial charge in [0.15, 0.2) is 0 Å². The van der Waals surface area contributed by atoms with Crippen LogP contribution in [0.15, 0.2) is 23.4 Å². The second kappa shape index (κ2) is 4.18. The molecule has 0 amide bonds. The van der Waals surface area contributed by atoms with Crippen molar-refractivity contribution in [3.63, 3.8) is 0 Å². The zero-order valence-corrected chi connectivity index (χ0v) is 7.22. The van der Waals surface area contributed by atoms with Crippen LogP contribution in [0, 0.1) is 11.6 Å². The van der Waals surface area contributed by atoms with Gasteiger partial charge in [-0.3, -0.25) is 0 Å². The summed E-state index contributed by atoms with van der Waals surface area (Å²) in [6, 6.07) is 2.94. The molecule has 1 aromatic rings. The van der Waals surface area contributed by atoms with E-state index >= 15 is 0 Å². The average Bonchev–Trinajstić information content (AvgIpc) is 2.10. The quantitative estimate of drug-likeness (QED) is 0.342. The number of rotatable bonds is 2. The van der Waals surface area contributed by atoms with Gasteiger partial charge in [0, 0.05) is 11.6 Å². The van der Waals surface area contributed by atoms with Crippen molar-refractivity contribution in [1.82, 2.24) is 0 Å². The van der Waals surface area contributed by atoms with E-state index in [9.17, 15) is 8.78 Å². The molecule has 5 heteroatoms. The largest absolute Gasteiger partial charge is 0.411 e. The zero-order chi connectivity index (χ0) is 9.84. The lowest BCUT2D eigenvalue weighted by molar-refractivity contribution is 0.319. The number of halogens is 3. The SMILES string of the molecule is O/N=C(/CCl)c1ccc(F)cc1F. The maximum Gasteiger partial charge on any atom is 0.135 e. The smallest absolute Gasteiger partial charge is 0.135 e. The molecule has 0 saturated heterocycles. The Bertz CT molecular complexity index is 341. The lowest BCUT2D eigenvalue weighted by Crippen LogP contribution is -2.05. The van der Waals surface area contributed by atoms with Gasteiger partial charge in [-0.05, 0) is 12.1 Å². The molecule has 0 atom stereocenters. The molecule has 13 heavy (non-hydrogen) atoms. The lowest BCUT2D eigenvalue weighted by atomic mass is 10.1. The van der Waals surface area contributed by atoms with Crippen LogP contribution in [0.4, 0.5) is 8.78 Å². The van der Waals surface area contributed by atoms with Gasteiger partial charge in [0.2, 0.25) is 0 Å². The topological polar surface area (TPSA) is 32.6 Å². The van der Waals surface area contributed by atoms with Gasteiger partial charge in [-0.25, -0.2) is 8.78 Å². The van der Waals surface area contributed by atoms with Crippen LogP contribution in [-0.2, 0) is 0 Å². The predicted octanol–water partition coefficient (Wildman–Crippen LogP) is 2.38. The fourth-order valence-electron chi connectivity index (χ4n) is 0.876. The number of nitrogens with zero attached hydrogens (tertiary/aromatic N) is 1. The van der Waals surface area contributed by atoms with Crippen molar-refractivity contribution in [2.75, 3.05) is 5.88 Å². The fraction of sp³-hybridized carbons (Fsp3) is 0.125. The normalized spacial score (nSPS) is 11.8. The van der Waals surface area contributed by atoms with Gasteiger partial charge in [-0.1, -0.05) is 5.16 Å². The molecule has 1 N–H and O–H groups in total. The van der Waals surface area contributed by atoms with Crippen LogP contribution in [-0.4, -0.2) is 16.8 Å². The van der Waals surface area contributed by atoms with Crippen molar-refractivity contribution in [3.05, 3.63) is 35.4 Å². The van der Waals surface area contributed by atoms with Gasteiger partial charge < -0.3 is 5.21 Å². The molecule has 0 fully saturated rings. The van der Waals surface area contributed by atoms with Gasteiger partial charge in [0.05, 0.1) is 5.88 Å². The van der Waals surface area contributed by atoms with Crippen LogP contribution in [0.3, 0.4) is 0 Å². The Hall–Kier alpha value is -1.16. The molecule has 0 aliphatic heterocycles. The summed E-state index contributed by atoms with van der Waals surface area (Å²) in [5.74, 6) is -1.62. The molecule has 70 valence electrons. The van der Waals surface area contributed by atoms with Crippen LogP contribution in [0.25, 0.3) is 0 Å². The Labute approximate surface area is 78.4 Å². The molecule has 0 saturated carbocycles. The number of alkyl halides is 1. The first-order valence-corrected chi connectivity index (χ1v) is 3.94.